The molecule has 126 valence electrons. The number of rotatable bonds is 4. The summed E-state index contributed by atoms with van der Waals surface area (Å²) in [6.45, 7) is 0.661. The Morgan fingerprint density at radius 1 is 1.17 bits per heavy atom. The molecule has 0 aromatic heterocycles. The Morgan fingerprint density at radius 2 is 1.91 bits per heavy atom. The maximum Gasteiger partial charge on any atom is 0.315 e. The quantitative estimate of drug-likeness (QED) is 0.884. The van der Waals surface area contributed by atoms with Crippen LogP contribution in [0.2, 0.25) is 0 Å². The summed E-state index contributed by atoms with van der Waals surface area (Å²) < 4.78 is 23.1. The van der Waals surface area contributed by atoms with Crippen LogP contribution < -0.4 is 10.6 Å². The second kappa shape index (κ2) is 6.91. The van der Waals surface area contributed by atoms with Gasteiger partial charge in [-0.15, -0.1) is 0 Å². The summed E-state index contributed by atoms with van der Waals surface area (Å²) in [6.07, 6.45) is 3.57. The Kier molecular flexibility index (Phi) is 4.90. The van der Waals surface area contributed by atoms with Crippen LogP contribution in [0.3, 0.4) is 0 Å². The summed E-state index contributed by atoms with van der Waals surface area (Å²) in [4.78, 5) is 11.9. The van der Waals surface area contributed by atoms with Crippen LogP contribution in [-0.4, -0.2) is 38.5 Å². The van der Waals surface area contributed by atoms with Crippen molar-refractivity contribution in [2.24, 2.45) is 5.92 Å². The third-order valence-corrected chi connectivity index (χ3v) is 6.68. The standard InChI is InChI=1S/C17H24N2O3S/c20-17(19-16-7-4-8-23(21,22)12-16)18-11-13-9-15(10-13)14-5-2-1-3-6-14/h1-3,5-6,13,15-16H,4,7-12H2,(H2,18,19,20)/t13?,15?,16-/m0/s1. The molecular formula is C17H24N2O3S. The van der Waals surface area contributed by atoms with Crippen molar-refractivity contribution in [3.05, 3.63) is 35.9 Å². The maximum absolute atomic E-state index is 11.9. The number of hydrogen-bond donors (Lipinski definition) is 2. The van der Waals surface area contributed by atoms with Crippen molar-refractivity contribution < 1.29 is 13.2 Å². The number of benzene rings is 1. The molecule has 2 aliphatic rings. The van der Waals surface area contributed by atoms with Crippen LogP contribution in [-0.2, 0) is 9.84 Å². The van der Waals surface area contributed by atoms with E-state index in [9.17, 15) is 13.2 Å². The third-order valence-electron chi connectivity index (χ3n) is 4.86. The molecule has 1 aliphatic heterocycles. The second-order valence-electron chi connectivity index (χ2n) is 6.75. The number of sulfone groups is 1. The fourth-order valence-corrected chi connectivity index (χ4v) is 5.15. The van der Waals surface area contributed by atoms with Gasteiger partial charge in [0.1, 0.15) is 0 Å². The molecule has 0 radical (unpaired) electrons. The molecule has 5 nitrogen and oxygen atoms in total. The van der Waals surface area contributed by atoms with Crippen LogP contribution in [0.1, 0.15) is 37.2 Å². The lowest BCUT2D eigenvalue weighted by Crippen LogP contribution is -2.48. The van der Waals surface area contributed by atoms with Crippen LogP contribution in [0.4, 0.5) is 4.79 Å². The van der Waals surface area contributed by atoms with Crippen molar-refractivity contribution in [2.75, 3.05) is 18.1 Å². The van der Waals surface area contributed by atoms with Crippen LogP contribution in [0, 0.1) is 5.92 Å². The summed E-state index contributed by atoms with van der Waals surface area (Å²) in [7, 11) is -2.98. The Bertz CT molecular complexity index is 639. The van der Waals surface area contributed by atoms with Crippen molar-refractivity contribution >= 4 is 15.9 Å². The molecule has 0 unspecified atom stereocenters. The second-order valence-corrected chi connectivity index (χ2v) is 8.98. The van der Waals surface area contributed by atoms with E-state index in [-0.39, 0.29) is 23.6 Å². The van der Waals surface area contributed by atoms with E-state index in [0.29, 0.717) is 24.8 Å². The van der Waals surface area contributed by atoms with Gasteiger partial charge in [-0.05, 0) is 43.1 Å². The van der Waals surface area contributed by atoms with E-state index in [4.69, 9.17) is 0 Å². The highest BCUT2D eigenvalue weighted by Crippen LogP contribution is 2.40. The Hall–Kier alpha value is -1.56. The zero-order chi connectivity index (χ0) is 16.3. The summed E-state index contributed by atoms with van der Waals surface area (Å²) >= 11 is 0. The van der Waals surface area contributed by atoms with E-state index >= 15 is 0 Å². The van der Waals surface area contributed by atoms with E-state index in [1.165, 1.54) is 5.56 Å². The van der Waals surface area contributed by atoms with Crippen molar-refractivity contribution in [1.29, 1.82) is 0 Å². The molecular weight excluding hydrogens is 312 g/mol. The van der Waals surface area contributed by atoms with Crippen molar-refractivity contribution in [3.63, 3.8) is 0 Å². The lowest BCUT2D eigenvalue weighted by molar-refractivity contribution is 0.221. The summed E-state index contributed by atoms with van der Waals surface area (Å²) in [5.41, 5.74) is 1.38. The topological polar surface area (TPSA) is 75.3 Å². The first-order chi connectivity index (χ1) is 11.0. The van der Waals surface area contributed by atoms with Crippen LogP contribution in [0.25, 0.3) is 0 Å². The van der Waals surface area contributed by atoms with Gasteiger partial charge in [0.05, 0.1) is 11.5 Å². The van der Waals surface area contributed by atoms with Gasteiger partial charge in [0, 0.05) is 12.6 Å². The minimum Gasteiger partial charge on any atom is -0.338 e. The van der Waals surface area contributed by atoms with Gasteiger partial charge < -0.3 is 10.6 Å². The number of hydrogen-bond acceptors (Lipinski definition) is 3. The normalized spacial score (nSPS) is 29.3. The number of urea groups is 1. The highest BCUT2D eigenvalue weighted by Gasteiger charge is 2.31. The average Bonchev–Trinajstić information content (AvgIpc) is 2.45. The number of carbonyl (C=O) groups excluding carboxylic acids is 1. The first-order valence-corrected chi connectivity index (χ1v) is 10.1. The largest absolute Gasteiger partial charge is 0.338 e. The first kappa shape index (κ1) is 16.3. The number of amides is 2. The molecule has 0 bridgehead atoms. The Balaban J connectivity index is 1.36. The molecule has 1 aliphatic carbocycles. The third kappa shape index (κ3) is 4.47. The molecule has 6 heteroatoms. The van der Waals surface area contributed by atoms with Gasteiger partial charge in [-0.2, -0.15) is 0 Å². The van der Waals surface area contributed by atoms with E-state index in [2.05, 4.69) is 34.9 Å². The van der Waals surface area contributed by atoms with E-state index in [1.807, 2.05) is 6.07 Å². The highest BCUT2D eigenvalue weighted by atomic mass is 32.2. The van der Waals surface area contributed by atoms with Gasteiger partial charge in [-0.3, -0.25) is 0 Å². The number of carbonyl (C=O) groups is 1. The lowest BCUT2D eigenvalue weighted by Gasteiger charge is -2.36. The molecule has 2 fully saturated rings. The predicted molar refractivity (Wildman–Crippen MR) is 90.1 cm³/mol. The zero-order valence-electron chi connectivity index (χ0n) is 13.2. The Morgan fingerprint density at radius 3 is 2.61 bits per heavy atom. The minimum atomic E-state index is -2.98. The maximum atomic E-state index is 11.9. The van der Waals surface area contributed by atoms with Gasteiger partial charge in [0.2, 0.25) is 0 Å². The van der Waals surface area contributed by atoms with Crippen molar-refractivity contribution in [3.8, 4) is 0 Å². The molecule has 0 spiro atoms. The molecule has 23 heavy (non-hydrogen) atoms. The monoisotopic (exact) mass is 336 g/mol. The van der Waals surface area contributed by atoms with Crippen molar-refractivity contribution in [1.82, 2.24) is 10.6 Å². The van der Waals surface area contributed by atoms with E-state index < -0.39 is 9.84 Å². The summed E-state index contributed by atoms with van der Waals surface area (Å²) in [6, 6.07) is 9.98. The minimum absolute atomic E-state index is 0.0694. The molecule has 2 amide bonds. The average molecular weight is 336 g/mol. The van der Waals surface area contributed by atoms with Gasteiger partial charge >= 0.3 is 6.03 Å². The van der Waals surface area contributed by atoms with Crippen LogP contribution in [0.5, 0.6) is 0 Å². The smallest absolute Gasteiger partial charge is 0.315 e. The van der Waals surface area contributed by atoms with E-state index in [0.717, 1.165) is 19.3 Å². The van der Waals surface area contributed by atoms with Crippen molar-refractivity contribution in [2.45, 2.75) is 37.6 Å². The molecule has 1 saturated carbocycles. The van der Waals surface area contributed by atoms with Gasteiger partial charge in [-0.1, -0.05) is 30.3 Å². The molecule has 1 aromatic carbocycles. The fraction of sp³-hybridized carbons (Fsp3) is 0.588. The first-order valence-electron chi connectivity index (χ1n) is 8.31. The fourth-order valence-electron chi connectivity index (χ4n) is 3.51. The van der Waals surface area contributed by atoms with Crippen LogP contribution in [0.15, 0.2) is 30.3 Å². The molecule has 3 rings (SSSR count). The Labute approximate surface area is 137 Å². The highest BCUT2D eigenvalue weighted by molar-refractivity contribution is 7.91. The predicted octanol–water partition coefficient (Wildman–Crippen LogP) is 2.06. The van der Waals surface area contributed by atoms with E-state index in [1.54, 1.807) is 0 Å². The molecule has 1 heterocycles. The summed E-state index contributed by atoms with van der Waals surface area (Å²) in [5.74, 6) is 1.44. The lowest BCUT2D eigenvalue weighted by atomic mass is 9.71. The van der Waals surface area contributed by atoms with Gasteiger partial charge in [-0.25, -0.2) is 13.2 Å². The SMILES string of the molecule is O=C(NCC1CC(c2ccccc2)C1)N[C@H]1CCCS(=O)(=O)C1. The molecule has 2 N–H and O–H groups in total. The van der Waals surface area contributed by atoms with Gasteiger partial charge in [0.25, 0.3) is 0 Å². The number of nitrogens with one attached hydrogen (secondary N) is 2. The van der Waals surface area contributed by atoms with Gasteiger partial charge in [0.15, 0.2) is 9.84 Å². The molecule has 1 aromatic rings. The zero-order valence-corrected chi connectivity index (χ0v) is 14.0. The molecule has 1 saturated heterocycles. The molecule has 1 atom stereocenters. The van der Waals surface area contributed by atoms with Crippen LogP contribution >= 0.6 is 0 Å². The summed E-state index contributed by atoms with van der Waals surface area (Å²) in [5, 5.41) is 5.68.